The van der Waals surface area contributed by atoms with Gasteiger partial charge in [0.1, 0.15) is 11.6 Å². The van der Waals surface area contributed by atoms with Crippen LogP contribution in [0.3, 0.4) is 0 Å². The van der Waals surface area contributed by atoms with Crippen molar-refractivity contribution in [2.45, 2.75) is 6.54 Å². The van der Waals surface area contributed by atoms with Gasteiger partial charge in [0.2, 0.25) is 0 Å². The molecule has 1 aliphatic heterocycles. The van der Waals surface area contributed by atoms with Gasteiger partial charge in [0, 0.05) is 43.9 Å². The van der Waals surface area contributed by atoms with E-state index in [1.54, 1.807) is 37.4 Å². The smallest absolute Gasteiger partial charge is 0.271 e. The summed E-state index contributed by atoms with van der Waals surface area (Å²) in [5.74, 6) is 0.182. The number of carbonyl (C=O) groups is 1. The summed E-state index contributed by atoms with van der Waals surface area (Å²) in [4.78, 5) is 17.1. The van der Waals surface area contributed by atoms with E-state index >= 15 is 0 Å². The maximum absolute atomic E-state index is 13.6. The molecule has 0 spiro atoms. The van der Waals surface area contributed by atoms with Crippen molar-refractivity contribution in [3.8, 4) is 5.75 Å². The number of carbonyl (C=O) groups excluding carboxylic acids is 1. The maximum Gasteiger partial charge on any atom is 0.271 e. The number of methoxy groups -OCH3 is 1. The average molecular weight is 447 g/mol. The summed E-state index contributed by atoms with van der Waals surface area (Å²) >= 11 is 0. The molecule has 6 nitrogen and oxygen atoms in total. The van der Waals surface area contributed by atoms with E-state index in [-0.39, 0.29) is 11.7 Å². The van der Waals surface area contributed by atoms with Crippen LogP contribution in [0.25, 0.3) is 0 Å². The number of ether oxygens (including phenoxy) is 1. The molecule has 33 heavy (non-hydrogen) atoms. The number of nitrogens with zero attached hydrogens (tertiary/aromatic N) is 3. The third-order valence-electron chi connectivity index (χ3n) is 5.70. The number of rotatable bonds is 7. The van der Waals surface area contributed by atoms with Crippen molar-refractivity contribution in [2.75, 3.05) is 38.2 Å². The van der Waals surface area contributed by atoms with Crippen LogP contribution < -0.4 is 15.1 Å². The first-order valence-corrected chi connectivity index (χ1v) is 10.9. The molecule has 0 aliphatic carbocycles. The van der Waals surface area contributed by atoms with Crippen LogP contribution in [0.4, 0.5) is 10.1 Å². The lowest BCUT2D eigenvalue weighted by Crippen LogP contribution is -2.46. The quantitative estimate of drug-likeness (QED) is 0.442. The second-order valence-corrected chi connectivity index (χ2v) is 7.85. The van der Waals surface area contributed by atoms with E-state index in [2.05, 4.69) is 26.4 Å². The molecule has 0 bridgehead atoms. The summed E-state index contributed by atoms with van der Waals surface area (Å²) in [5.41, 5.74) is 5.54. The minimum absolute atomic E-state index is 0.318. The number of piperazine rings is 1. The van der Waals surface area contributed by atoms with Gasteiger partial charge in [0.05, 0.1) is 19.0 Å². The molecule has 0 atom stereocenters. The van der Waals surface area contributed by atoms with Crippen molar-refractivity contribution in [1.82, 2.24) is 10.3 Å². The number of hydrogen-bond donors (Lipinski definition) is 1. The van der Waals surface area contributed by atoms with Gasteiger partial charge in [0.25, 0.3) is 5.91 Å². The fraction of sp³-hybridized carbons (Fsp3) is 0.231. The van der Waals surface area contributed by atoms with Crippen LogP contribution in [0.2, 0.25) is 0 Å². The number of anilines is 1. The highest BCUT2D eigenvalue weighted by atomic mass is 19.1. The lowest BCUT2D eigenvalue weighted by Gasteiger charge is -2.36. The lowest BCUT2D eigenvalue weighted by molar-refractivity contribution is 0.0955. The van der Waals surface area contributed by atoms with Gasteiger partial charge in [0.15, 0.2) is 0 Å². The molecule has 7 heteroatoms. The second-order valence-electron chi connectivity index (χ2n) is 7.85. The largest absolute Gasteiger partial charge is 0.495 e. The molecule has 1 heterocycles. The molecule has 0 unspecified atom stereocenters. The third kappa shape index (κ3) is 5.75. The zero-order valence-electron chi connectivity index (χ0n) is 18.6. The van der Waals surface area contributed by atoms with E-state index in [1.807, 2.05) is 30.3 Å². The third-order valence-corrected chi connectivity index (χ3v) is 5.70. The Kier molecular flexibility index (Phi) is 7.32. The minimum atomic E-state index is -0.386. The molecule has 1 saturated heterocycles. The molecule has 170 valence electrons. The normalized spacial score (nSPS) is 14.4. The number of nitrogens with one attached hydrogen (secondary N) is 1. The van der Waals surface area contributed by atoms with Crippen molar-refractivity contribution < 1.29 is 13.9 Å². The highest BCUT2D eigenvalue weighted by Crippen LogP contribution is 2.28. The molecule has 0 aromatic heterocycles. The van der Waals surface area contributed by atoms with Gasteiger partial charge in [-0.2, -0.15) is 5.10 Å². The topological polar surface area (TPSA) is 57.2 Å². The van der Waals surface area contributed by atoms with E-state index in [1.165, 1.54) is 12.3 Å². The summed E-state index contributed by atoms with van der Waals surface area (Å²) < 4.78 is 19.1. The monoisotopic (exact) mass is 446 g/mol. The highest BCUT2D eigenvalue weighted by Gasteiger charge is 2.19. The van der Waals surface area contributed by atoms with E-state index in [4.69, 9.17) is 4.74 Å². The molecular formula is C26H27FN4O2. The standard InChI is InChI=1S/C26H27FN4O2/c1-33-25-9-5-4-8-24(25)31-16-14-30(15-17-31)19-20-10-12-21(13-11-20)26(32)29-28-18-22-6-2-3-7-23(22)27/h2-13,18H,14-17,19H2,1H3,(H,29,32)/b28-18-. The predicted octanol–water partition coefficient (Wildman–Crippen LogP) is 3.92. The van der Waals surface area contributed by atoms with E-state index in [0.717, 1.165) is 49.7 Å². The molecule has 1 aliphatic rings. The van der Waals surface area contributed by atoms with Gasteiger partial charge in [-0.1, -0.05) is 42.5 Å². The van der Waals surface area contributed by atoms with Crippen molar-refractivity contribution in [3.63, 3.8) is 0 Å². The van der Waals surface area contributed by atoms with Crippen LogP contribution in [0.5, 0.6) is 5.75 Å². The van der Waals surface area contributed by atoms with Crippen LogP contribution in [0.15, 0.2) is 77.9 Å². The first-order valence-electron chi connectivity index (χ1n) is 10.9. The number of amides is 1. The van der Waals surface area contributed by atoms with Gasteiger partial charge in [-0.15, -0.1) is 0 Å². The summed E-state index contributed by atoms with van der Waals surface area (Å²) in [6.45, 7) is 4.59. The molecule has 1 N–H and O–H groups in total. The number of hydrogen-bond acceptors (Lipinski definition) is 5. The van der Waals surface area contributed by atoms with Gasteiger partial charge < -0.3 is 9.64 Å². The molecular weight excluding hydrogens is 419 g/mol. The maximum atomic E-state index is 13.6. The summed E-state index contributed by atoms with van der Waals surface area (Å²) in [6.07, 6.45) is 1.30. The summed E-state index contributed by atoms with van der Waals surface area (Å²) in [7, 11) is 1.70. The first-order chi connectivity index (χ1) is 16.1. The highest BCUT2D eigenvalue weighted by molar-refractivity contribution is 5.94. The Balaban J connectivity index is 1.27. The van der Waals surface area contributed by atoms with Crippen molar-refractivity contribution >= 4 is 17.8 Å². The van der Waals surface area contributed by atoms with E-state index in [9.17, 15) is 9.18 Å². The van der Waals surface area contributed by atoms with E-state index < -0.39 is 0 Å². The fourth-order valence-electron chi connectivity index (χ4n) is 3.86. The number of para-hydroxylation sites is 2. The Labute approximate surface area is 193 Å². The zero-order valence-corrected chi connectivity index (χ0v) is 18.6. The Morgan fingerprint density at radius 3 is 2.42 bits per heavy atom. The Hall–Kier alpha value is -3.71. The van der Waals surface area contributed by atoms with Crippen LogP contribution in [-0.2, 0) is 6.54 Å². The Morgan fingerprint density at radius 1 is 1.00 bits per heavy atom. The van der Waals surface area contributed by atoms with Crippen LogP contribution in [0.1, 0.15) is 21.5 Å². The van der Waals surface area contributed by atoms with Crippen LogP contribution >= 0.6 is 0 Å². The van der Waals surface area contributed by atoms with Gasteiger partial charge >= 0.3 is 0 Å². The molecule has 0 saturated carbocycles. The summed E-state index contributed by atoms with van der Waals surface area (Å²) in [6, 6.07) is 21.9. The fourth-order valence-corrected chi connectivity index (χ4v) is 3.86. The number of benzene rings is 3. The second kappa shape index (κ2) is 10.7. The summed E-state index contributed by atoms with van der Waals surface area (Å²) in [5, 5.41) is 3.85. The first kappa shape index (κ1) is 22.5. The Bertz CT molecular complexity index is 1110. The number of halogens is 1. The average Bonchev–Trinajstić information content (AvgIpc) is 2.86. The molecule has 1 amide bonds. The van der Waals surface area contributed by atoms with Gasteiger partial charge in [-0.3, -0.25) is 9.69 Å². The number of hydrazone groups is 1. The SMILES string of the molecule is COc1ccccc1N1CCN(Cc2ccc(C(=O)N/N=C\c3ccccc3F)cc2)CC1. The van der Waals surface area contributed by atoms with Gasteiger partial charge in [-0.25, -0.2) is 9.82 Å². The molecule has 0 radical (unpaired) electrons. The van der Waals surface area contributed by atoms with E-state index in [0.29, 0.717) is 11.1 Å². The molecule has 3 aromatic rings. The van der Waals surface area contributed by atoms with Crippen molar-refractivity contribution in [1.29, 1.82) is 0 Å². The van der Waals surface area contributed by atoms with Crippen molar-refractivity contribution in [2.24, 2.45) is 5.10 Å². The van der Waals surface area contributed by atoms with Crippen molar-refractivity contribution in [3.05, 3.63) is 95.3 Å². The zero-order chi connectivity index (χ0) is 23.0. The predicted molar refractivity (Wildman–Crippen MR) is 128 cm³/mol. The van der Waals surface area contributed by atoms with Gasteiger partial charge in [-0.05, 0) is 35.9 Å². The Morgan fingerprint density at radius 2 is 1.70 bits per heavy atom. The minimum Gasteiger partial charge on any atom is -0.495 e. The molecule has 1 fully saturated rings. The lowest BCUT2D eigenvalue weighted by atomic mass is 10.1. The van der Waals surface area contributed by atoms with Crippen LogP contribution in [0, 0.1) is 5.82 Å². The molecule has 4 rings (SSSR count). The molecule has 3 aromatic carbocycles. The van der Waals surface area contributed by atoms with Crippen LogP contribution in [-0.4, -0.2) is 50.3 Å².